The van der Waals surface area contributed by atoms with Gasteiger partial charge in [0.15, 0.2) is 0 Å². The van der Waals surface area contributed by atoms with Gasteiger partial charge in [0.2, 0.25) is 0 Å². The van der Waals surface area contributed by atoms with Crippen molar-refractivity contribution in [1.29, 1.82) is 0 Å². The lowest BCUT2D eigenvalue weighted by Gasteiger charge is -2.22. The second-order valence-corrected chi connectivity index (χ2v) is 12.3. The highest BCUT2D eigenvalue weighted by Gasteiger charge is 2.36. The minimum Gasteiger partial charge on any atom is -0.246 e. The van der Waals surface area contributed by atoms with Crippen molar-refractivity contribution in [3.8, 4) is 44.8 Å². The first-order valence-electron chi connectivity index (χ1n) is 14.1. The smallest absolute Gasteiger partial charge is 0.0894 e. The number of aromatic nitrogens is 2. The number of benzene rings is 4. The summed E-state index contributed by atoms with van der Waals surface area (Å²) in [5.41, 5.74) is 16.9. The summed E-state index contributed by atoms with van der Waals surface area (Å²) in [6.07, 6.45) is 0. The first-order chi connectivity index (χ1) is 19.3. The average Bonchev–Trinajstić information content (AvgIpc) is 3.36. The van der Waals surface area contributed by atoms with Crippen LogP contribution < -0.4 is 0 Å². The Morgan fingerprint density at radius 3 is 1.25 bits per heavy atom. The topological polar surface area (TPSA) is 25.8 Å². The van der Waals surface area contributed by atoms with Crippen LogP contribution in [-0.2, 0) is 10.8 Å². The van der Waals surface area contributed by atoms with E-state index < -0.39 is 0 Å². The van der Waals surface area contributed by atoms with Gasteiger partial charge in [-0.1, -0.05) is 100 Å². The van der Waals surface area contributed by atoms with E-state index in [0.717, 1.165) is 33.5 Å². The van der Waals surface area contributed by atoms with Gasteiger partial charge in [-0.15, -0.1) is 0 Å². The minimum atomic E-state index is -0.0267. The quantitative estimate of drug-likeness (QED) is 0.230. The Kier molecular flexibility index (Phi) is 4.66. The van der Waals surface area contributed by atoms with Crippen LogP contribution in [0.2, 0.25) is 0 Å². The highest BCUT2D eigenvalue weighted by atomic mass is 14.8. The van der Waals surface area contributed by atoms with Gasteiger partial charge in [-0.3, -0.25) is 0 Å². The second-order valence-electron chi connectivity index (χ2n) is 12.3. The van der Waals surface area contributed by atoms with E-state index >= 15 is 0 Å². The summed E-state index contributed by atoms with van der Waals surface area (Å²) in [7, 11) is 0. The van der Waals surface area contributed by atoms with Crippen LogP contribution in [0.4, 0.5) is 0 Å². The highest BCUT2D eigenvalue weighted by molar-refractivity contribution is 5.86. The molecule has 192 valence electrons. The molecule has 0 saturated heterocycles. The Morgan fingerprint density at radius 1 is 0.400 bits per heavy atom. The van der Waals surface area contributed by atoms with E-state index in [9.17, 15) is 0 Å². The van der Waals surface area contributed by atoms with Crippen molar-refractivity contribution < 1.29 is 0 Å². The molecule has 2 aliphatic rings. The van der Waals surface area contributed by atoms with E-state index in [0.29, 0.717) is 0 Å². The maximum absolute atomic E-state index is 5.05. The van der Waals surface area contributed by atoms with Gasteiger partial charge >= 0.3 is 0 Å². The van der Waals surface area contributed by atoms with Gasteiger partial charge < -0.3 is 0 Å². The summed E-state index contributed by atoms with van der Waals surface area (Å²) in [5.74, 6) is 0. The molecule has 8 rings (SSSR count). The SMILES string of the molecule is CC1(C)c2ccccc2-c2ccc(-c3ccc4nc(-c5ccc6c(c5)C(C)(C)c5ccccc5-6)ccc4n3)cc21. The molecule has 2 nitrogen and oxygen atoms in total. The van der Waals surface area contributed by atoms with Gasteiger partial charge in [0.25, 0.3) is 0 Å². The van der Waals surface area contributed by atoms with Crippen molar-refractivity contribution in [1.82, 2.24) is 9.97 Å². The Labute approximate surface area is 235 Å². The van der Waals surface area contributed by atoms with Crippen LogP contribution in [-0.4, -0.2) is 9.97 Å². The molecular formula is C38H30N2. The number of rotatable bonds is 2. The van der Waals surface area contributed by atoms with Crippen LogP contribution in [0.3, 0.4) is 0 Å². The molecule has 0 N–H and O–H groups in total. The van der Waals surface area contributed by atoms with E-state index in [1.807, 2.05) is 0 Å². The number of hydrogen-bond donors (Lipinski definition) is 0. The fraction of sp³-hybridized carbons (Fsp3) is 0.158. The largest absolute Gasteiger partial charge is 0.246 e. The molecule has 0 aliphatic heterocycles. The summed E-state index contributed by atoms with van der Waals surface area (Å²) < 4.78 is 0. The van der Waals surface area contributed by atoms with Crippen molar-refractivity contribution in [3.05, 3.63) is 131 Å². The maximum Gasteiger partial charge on any atom is 0.0894 e. The lowest BCUT2D eigenvalue weighted by Crippen LogP contribution is -2.15. The first-order valence-corrected chi connectivity index (χ1v) is 14.1. The number of hydrogen-bond acceptors (Lipinski definition) is 2. The van der Waals surface area contributed by atoms with E-state index in [1.54, 1.807) is 0 Å². The van der Waals surface area contributed by atoms with E-state index in [2.05, 4.69) is 137 Å². The summed E-state index contributed by atoms with van der Waals surface area (Å²) in [6.45, 7) is 9.28. The summed E-state index contributed by atoms with van der Waals surface area (Å²) in [5, 5.41) is 0. The molecular weight excluding hydrogens is 484 g/mol. The molecule has 6 aromatic rings. The third kappa shape index (κ3) is 3.17. The van der Waals surface area contributed by atoms with Crippen molar-refractivity contribution >= 4 is 11.0 Å². The van der Waals surface area contributed by atoms with Crippen LogP contribution in [0.15, 0.2) is 109 Å². The summed E-state index contributed by atoms with van der Waals surface area (Å²) in [4.78, 5) is 10.1. The molecule has 0 spiro atoms. The fourth-order valence-corrected chi connectivity index (χ4v) is 7.06. The molecule has 2 aliphatic carbocycles. The van der Waals surface area contributed by atoms with Gasteiger partial charge in [-0.05, 0) is 80.9 Å². The number of fused-ring (bicyclic) bond motifs is 7. The minimum absolute atomic E-state index is 0.0267. The Balaban J connectivity index is 1.16. The van der Waals surface area contributed by atoms with Crippen LogP contribution >= 0.6 is 0 Å². The molecule has 0 atom stereocenters. The molecule has 2 heterocycles. The lowest BCUT2D eigenvalue weighted by molar-refractivity contribution is 0.660. The van der Waals surface area contributed by atoms with Crippen molar-refractivity contribution in [3.63, 3.8) is 0 Å². The third-order valence-corrected chi connectivity index (χ3v) is 9.30. The maximum atomic E-state index is 5.05. The van der Waals surface area contributed by atoms with Crippen LogP contribution in [0.25, 0.3) is 55.8 Å². The average molecular weight is 515 g/mol. The predicted molar refractivity (Wildman–Crippen MR) is 166 cm³/mol. The number of pyridine rings is 2. The predicted octanol–water partition coefficient (Wildman–Crippen LogP) is 9.58. The van der Waals surface area contributed by atoms with Gasteiger partial charge in [0.05, 0.1) is 22.4 Å². The van der Waals surface area contributed by atoms with E-state index in [1.165, 1.54) is 44.5 Å². The summed E-state index contributed by atoms with van der Waals surface area (Å²) >= 11 is 0. The number of nitrogens with zero attached hydrogens (tertiary/aromatic N) is 2. The fourth-order valence-electron chi connectivity index (χ4n) is 7.06. The zero-order valence-corrected chi connectivity index (χ0v) is 23.3. The van der Waals surface area contributed by atoms with Gasteiger partial charge in [-0.2, -0.15) is 0 Å². The van der Waals surface area contributed by atoms with E-state index in [-0.39, 0.29) is 10.8 Å². The van der Waals surface area contributed by atoms with Gasteiger partial charge in [0, 0.05) is 22.0 Å². The Bertz CT molecular complexity index is 1860. The molecule has 4 aromatic carbocycles. The van der Waals surface area contributed by atoms with Crippen LogP contribution in [0.5, 0.6) is 0 Å². The zero-order chi connectivity index (χ0) is 27.2. The van der Waals surface area contributed by atoms with Gasteiger partial charge in [0.1, 0.15) is 0 Å². The Morgan fingerprint density at radius 2 is 0.800 bits per heavy atom. The molecule has 0 radical (unpaired) electrons. The van der Waals surface area contributed by atoms with Gasteiger partial charge in [-0.25, -0.2) is 9.97 Å². The standard InChI is InChI=1S/C38H30N2/c1-37(2)29-11-7-5-9-25(29)27-15-13-23(21-31(27)37)33-17-19-36-35(39-33)20-18-34(40-36)24-14-16-28-26-10-6-8-12-30(26)38(3,4)32(28)22-24/h5-22H,1-4H3. The Hall–Kier alpha value is -4.56. The summed E-state index contributed by atoms with van der Waals surface area (Å²) in [6, 6.07) is 39.6. The van der Waals surface area contributed by atoms with Crippen LogP contribution in [0, 0.1) is 0 Å². The molecule has 0 fully saturated rings. The second kappa shape index (κ2) is 7.99. The first kappa shape index (κ1) is 23.3. The normalized spacial score (nSPS) is 15.4. The third-order valence-electron chi connectivity index (χ3n) is 9.30. The molecule has 0 bridgehead atoms. The molecule has 2 heteroatoms. The highest BCUT2D eigenvalue weighted by Crippen LogP contribution is 2.50. The lowest BCUT2D eigenvalue weighted by atomic mass is 9.82. The molecule has 0 saturated carbocycles. The van der Waals surface area contributed by atoms with Crippen LogP contribution in [0.1, 0.15) is 49.9 Å². The molecule has 0 amide bonds. The molecule has 2 aromatic heterocycles. The molecule has 40 heavy (non-hydrogen) atoms. The van der Waals surface area contributed by atoms with Crippen molar-refractivity contribution in [2.75, 3.05) is 0 Å². The molecule has 0 unspecified atom stereocenters. The monoisotopic (exact) mass is 514 g/mol. The van der Waals surface area contributed by atoms with Crippen molar-refractivity contribution in [2.24, 2.45) is 0 Å². The zero-order valence-electron chi connectivity index (χ0n) is 23.3. The van der Waals surface area contributed by atoms with E-state index in [4.69, 9.17) is 9.97 Å². The van der Waals surface area contributed by atoms with Crippen molar-refractivity contribution in [2.45, 2.75) is 38.5 Å².